The molecule has 31 heavy (non-hydrogen) atoms. The summed E-state index contributed by atoms with van der Waals surface area (Å²) in [6.45, 7) is 5.90. The van der Waals surface area contributed by atoms with E-state index in [1.54, 1.807) is 12.5 Å². The second-order valence-corrected chi connectivity index (χ2v) is 7.59. The monoisotopic (exact) mass is 421 g/mol. The lowest BCUT2D eigenvalue weighted by Crippen LogP contribution is -2.34. The first-order chi connectivity index (χ1) is 15.0. The summed E-state index contributed by atoms with van der Waals surface area (Å²) in [4.78, 5) is 25.4. The summed E-state index contributed by atoms with van der Waals surface area (Å²) in [7, 11) is 0. The summed E-state index contributed by atoms with van der Waals surface area (Å²) >= 11 is 0. The van der Waals surface area contributed by atoms with Gasteiger partial charge in [-0.1, -0.05) is 30.3 Å². The van der Waals surface area contributed by atoms with Crippen LogP contribution in [0, 0.1) is 0 Å². The number of aromatic nitrogens is 4. The third-order valence-electron chi connectivity index (χ3n) is 4.76. The summed E-state index contributed by atoms with van der Waals surface area (Å²) in [6.07, 6.45) is 3.44. The number of hydrogen-bond acceptors (Lipinski definition) is 5. The van der Waals surface area contributed by atoms with Gasteiger partial charge >= 0.3 is 6.03 Å². The van der Waals surface area contributed by atoms with Gasteiger partial charge in [-0.05, 0) is 50.6 Å². The highest BCUT2D eigenvalue weighted by Gasteiger charge is 2.11. The van der Waals surface area contributed by atoms with Gasteiger partial charge in [0.15, 0.2) is 0 Å². The molecule has 0 saturated carbocycles. The minimum atomic E-state index is -0.243. The third-order valence-corrected chi connectivity index (χ3v) is 4.76. The Morgan fingerprint density at radius 2 is 1.84 bits per heavy atom. The van der Waals surface area contributed by atoms with E-state index in [2.05, 4.69) is 50.0 Å². The van der Waals surface area contributed by atoms with Crippen LogP contribution >= 0.6 is 0 Å². The van der Waals surface area contributed by atoms with Crippen molar-refractivity contribution in [3.63, 3.8) is 0 Å². The Hall–Kier alpha value is -3.94. The van der Waals surface area contributed by atoms with Crippen molar-refractivity contribution in [1.29, 1.82) is 0 Å². The second kappa shape index (κ2) is 8.83. The Kier molecular flexibility index (Phi) is 5.79. The van der Waals surface area contributed by atoms with Crippen molar-refractivity contribution in [3.05, 3.63) is 72.7 Å². The van der Waals surface area contributed by atoms with E-state index in [-0.39, 0.29) is 22.4 Å². The molecule has 2 aromatic carbocycles. The molecule has 2 heterocycles. The van der Waals surface area contributed by atoms with Gasteiger partial charge in [0.05, 0.1) is 17.1 Å². The molecule has 2 amide bonds. The molecular weight excluding hydrogens is 390 g/mol. The molecule has 4 aromatic rings. The van der Waals surface area contributed by atoms with Crippen molar-refractivity contribution in [3.8, 4) is 5.82 Å². The van der Waals surface area contributed by atoms with Crippen LogP contribution in [0.2, 0.25) is 0 Å². The van der Waals surface area contributed by atoms with Crippen molar-refractivity contribution >= 4 is 28.7 Å². The highest BCUT2D eigenvalue weighted by atomic mass is 16.2. The lowest BCUT2D eigenvalue weighted by atomic mass is 10.1. The largest absolute Gasteiger partial charge is 0.348 e. The molecule has 0 radical (unpaired) electrons. The maximum atomic E-state index is 11.9. The molecular formula is C23H31N7O. The molecule has 0 aliphatic carbocycles. The van der Waals surface area contributed by atoms with Crippen LogP contribution in [0.5, 0.6) is 0 Å². The van der Waals surface area contributed by atoms with Crippen LogP contribution in [-0.2, 0) is 0 Å². The zero-order valence-corrected chi connectivity index (χ0v) is 17.7. The smallest absolute Gasteiger partial charge is 0.319 e. The maximum Gasteiger partial charge on any atom is 0.319 e. The van der Waals surface area contributed by atoms with Crippen LogP contribution in [0.25, 0.3) is 16.9 Å². The summed E-state index contributed by atoms with van der Waals surface area (Å²) in [5.41, 5.74) is 3.48. The van der Waals surface area contributed by atoms with E-state index in [1.807, 2.05) is 60.9 Å². The van der Waals surface area contributed by atoms with Gasteiger partial charge in [0, 0.05) is 22.2 Å². The number of fused-ring (bicyclic) bond motifs is 1. The predicted octanol–water partition coefficient (Wildman–Crippen LogP) is 5.26. The van der Waals surface area contributed by atoms with E-state index in [0.29, 0.717) is 17.5 Å². The molecule has 3 N–H and O–H groups in total. The van der Waals surface area contributed by atoms with Crippen molar-refractivity contribution in [1.82, 2.24) is 24.8 Å². The normalized spacial score (nSPS) is 12.0. The van der Waals surface area contributed by atoms with Crippen LogP contribution in [0.15, 0.2) is 67.1 Å². The number of urea groups is 1. The Morgan fingerprint density at radius 3 is 2.61 bits per heavy atom. The average Bonchev–Trinajstić information content (AvgIpc) is 3.17. The molecule has 0 aliphatic heterocycles. The molecule has 8 nitrogen and oxygen atoms in total. The number of amides is 2. The summed E-state index contributed by atoms with van der Waals surface area (Å²) in [5, 5.41) is 8.97. The van der Waals surface area contributed by atoms with Crippen LogP contribution in [-0.4, -0.2) is 31.6 Å². The highest BCUT2D eigenvalue weighted by molar-refractivity contribution is 5.92. The summed E-state index contributed by atoms with van der Waals surface area (Å²) in [5.74, 6) is 1.25. The zero-order valence-electron chi connectivity index (χ0n) is 17.7. The zero-order chi connectivity index (χ0) is 21.8. The average molecular weight is 422 g/mol. The van der Waals surface area contributed by atoms with Gasteiger partial charge in [-0.3, -0.25) is 4.57 Å². The molecule has 0 bridgehead atoms. The Morgan fingerprint density at radius 1 is 1.03 bits per heavy atom. The van der Waals surface area contributed by atoms with E-state index in [0.717, 1.165) is 16.6 Å². The lowest BCUT2D eigenvalue weighted by molar-refractivity contribution is 0.250. The Balaban J connectivity index is 0.00000193. The third kappa shape index (κ3) is 4.80. The molecule has 0 aliphatic rings. The number of hydrogen-bond donors (Lipinski definition) is 3. The first kappa shape index (κ1) is 20.3. The van der Waals surface area contributed by atoms with Crippen molar-refractivity contribution < 1.29 is 9.07 Å². The van der Waals surface area contributed by atoms with E-state index in [1.165, 1.54) is 0 Å². The standard InChI is InChI=1S/C23H25N7O.3H2/c1-15(2)26-23(31)28-18-9-10-20-19(13-18)25-14-30(20)21-11-12-24-22(29-21)27-16(3)17-7-5-4-6-8-17;;;/h4-16H,1-3H3,(H,24,27,29)(H2,26,28,31);3*1H/t16-;;;/m0.../s1. The van der Waals surface area contributed by atoms with Crippen LogP contribution < -0.4 is 16.0 Å². The van der Waals surface area contributed by atoms with E-state index in [4.69, 9.17) is 0 Å². The van der Waals surface area contributed by atoms with Crippen molar-refractivity contribution in [2.75, 3.05) is 10.6 Å². The van der Waals surface area contributed by atoms with Crippen LogP contribution in [0.3, 0.4) is 0 Å². The Bertz CT molecular complexity index is 1200. The molecule has 164 valence electrons. The number of benzene rings is 2. The number of imidazole rings is 1. The van der Waals surface area contributed by atoms with Gasteiger partial charge in [0.1, 0.15) is 12.1 Å². The maximum absolute atomic E-state index is 11.9. The first-order valence-electron chi connectivity index (χ1n) is 10.2. The van der Waals surface area contributed by atoms with Gasteiger partial charge in [-0.15, -0.1) is 0 Å². The number of anilines is 2. The first-order valence-corrected chi connectivity index (χ1v) is 10.2. The fourth-order valence-corrected chi connectivity index (χ4v) is 3.27. The summed E-state index contributed by atoms with van der Waals surface area (Å²) < 4.78 is 1.90. The number of nitrogens with one attached hydrogen (secondary N) is 3. The molecule has 4 rings (SSSR count). The molecule has 0 unspecified atom stereocenters. The van der Waals surface area contributed by atoms with Gasteiger partial charge in [-0.2, -0.15) is 4.98 Å². The Labute approximate surface area is 185 Å². The number of carbonyl (C=O) groups excluding carboxylic acids is 1. The quantitative estimate of drug-likeness (QED) is 0.395. The molecule has 0 fully saturated rings. The van der Waals surface area contributed by atoms with E-state index >= 15 is 0 Å². The van der Waals surface area contributed by atoms with Crippen LogP contribution in [0.4, 0.5) is 16.4 Å². The molecule has 0 saturated heterocycles. The number of nitrogens with zero attached hydrogens (tertiary/aromatic N) is 4. The molecule has 8 heteroatoms. The highest BCUT2D eigenvalue weighted by Crippen LogP contribution is 2.22. The topological polar surface area (TPSA) is 96.8 Å². The number of rotatable bonds is 6. The molecule has 0 spiro atoms. The molecule has 2 aromatic heterocycles. The van der Waals surface area contributed by atoms with Crippen molar-refractivity contribution in [2.24, 2.45) is 0 Å². The minimum absolute atomic E-state index is 0. The predicted molar refractivity (Wildman–Crippen MR) is 129 cm³/mol. The van der Waals surface area contributed by atoms with Gasteiger partial charge in [0.25, 0.3) is 0 Å². The van der Waals surface area contributed by atoms with Crippen LogP contribution in [0.1, 0.15) is 36.7 Å². The fourth-order valence-electron chi connectivity index (χ4n) is 3.27. The van der Waals surface area contributed by atoms with Gasteiger partial charge in [0.2, 0.25) is 5.95 Å². The van der Waals surface area contributed by atoms with Gasteiger partial charge in [-0.25, -0.2) is 14.8 Å². The second-order valence-electron chi connectivity index (χ2n) is 7.59. The van der Waals surface area contributed by atoms with Gasteiger partial charge < -0.3 is 16.0 Å². The number of carbonyl (C=O) groups is 1. The van der Waals surface area contributed by atoms with Crippen molar-refractivity contribution in [2.45, 2.75) is 32.9 Å². The fraction of sp³-hybridized carbons (Fsp3) is 0.217. The van der Waals surface area contributed by atoms with E-state index < -0.39 is 0 Å². The minimum Gasteiger partial charge on any atom is -0.348 e. The molecule has 1 atom stereocenters. The SMILES string of the molecule is CC(C)NC(=O)Nc1ccc2c(c1)ncn2-c1ccnc(N[C@@H](C)c2ccccc2)n1.[HH].[HH].[HH]. The summed E-state index contributed by atoms with van der Waals surface area (Å²) in [6, 6.07) is 17.5. The van der Waals surface area contributed by atoms with E-state index in [9.17, 15) is 4.79 Å². The lowest BCUT2D eigenvalue weighted by Gasteiger charge is -2.14.